The predicted molar refractivity (Wildman–Crippen MR) is 80.1 cm³/mol. The molecular formula is C12H18ClNO4S2. The molecule has 5 nitrogen and oxygen atoms in total. The fraction of sp³-hybridized carbons (Fsp3) is 0.583. The van der Waals surface area contributed by atoms with E-state index in [9.17, 15) is 13.2 Å². The van der Waals surface area contributed by atoms with Crippen molar-refractivity contribution < 1.29 is 17.9 Å². The number of likely N-dealkylation sites (N-methyl/N-ethyl adjacent to an activating group) is 1. The molecule has 0 aliphatic carbocycles. The molecule has 0 aliphatic rings. The molecule has 0 radical (unpaired) electrons. The summed E-state index contributed by atoms with van der Waals surface area (Å²) in [5.41, 5.74) is 0. The van der Waals surface area contributed by atoms with Crippen LogP contribution in [-0.4, -0.2) is 45.5 Å². The Bertz CT molecular complexity index is 580. The molecule has 0 bridgehead atoms. The third-order valence-electron chi connectivity index (χ3n) is 2.57. The number of ether oxygens (including phenoxy) is 1. The molecule has 0 aromatic carbocycles. The Morgan fingerprint density at radius 2 is 2.10 bits per heavy atom. The molecule has 1 heterocycles. The van der Waals surface area contributed by atoms with Crippen molar-refractivity contribution in [2.24, 2.45) is 0 Å². The smallest absolute Gasteiger partial charge is 0.263 e. The molecule has 0 atom stereocenters. The number of hydrogen-bond donors (Lipinski definition) is 0. The van der Waals surface area contributed by atoms with E-state index in [1.165, 1.54) is 11.0 Å². The lowest BCUT2D eigenvalue weighted by Gasteiger charge is -2.17. The van der Waals surface area contributed by atoms with E-state index >= 15 is 0 Å². The van der Waals surface area contributed by atoms with Gasteiger partial charge in [-0.3, -0.25) is 4.79 Å². The number of halogens is 1. The van der Waals surface area contributed by atoms with Crippen LogP contribution in [0.5, 0.6) is 0 Å². The van der Waals surface area contributed by atoms with E-state index in [0.717, 1.165) is 11.3 Å². The first kappa shape index (κ1) is 17.4. The summed E-state index contributed by atoms with van der Waals surface area (Å²) in [4.78, 5) is 14.5. The minimum atomic E-state index is -3.81. The minimum Gasteiger partial charge on any atom is -0.377 e. The summed E-state index contributed by atoms with van der Waals surface area (Å²) in [6.45, 7) is 6.34. The maximum Gasteiger partial charge on any atom is 0.263 e. The van der Waals surface area contributed by atoms with Gasteiger partial charge in [-0.15, -0.1) is 11.3 Å². The summed E-state index contributed by atoms with van der Waals surface area (Å²) in [5, 5.41) is 0. The lowest BCUT2D eigenvalue weighted by Crippen LogP contribution is -2.30. The Kier molecular flexibility index (Phi) is 6.00. The second kappa shape index (κ2) is 6.89. The van der Waals surface area contributed by atoms with E-state index < -0.39 is 9.05 Å². The van der Waals surface area contributed by atoms with Gasteiger partial charge >= 0.3 is 0 Å². The summed E-state index contributed by atoms with van der Waals surface area (Å²) in [5.74, 6) is -0.239. The highest BCUT2D eigenvalue weighted by atomic mass is 35.7. The van der Waals surface area contributed by atoms with E-state index in [2.05, 4.69) is 0 Å². The van der Waals surface area contributed by atoms with Crippen molar-refractivity contribution in [1.82, 2.24) is 4.90 Å². The average molecular weight is 340 g/mol. The van der Waals surface area contributed by atoms with Gasteiger partial charge in [-0.1, -0.05) is 0 Å². The Morgan fingerprint density at radius 1 is 1.50 bits per heavy atom. The first-order chi connectivity index (χ1) is 9.12. The van der Waals surface area contributed by atoms with E-state index in [-0.39, 0.29) is 16.9 Å². The molecule has 0 unspecified atom stereocenters. The summed E-state index contributed by atoms with van der Waals surface area (Å²) in [7, 11) is 3.15. The topological polar surface area (TPSA) is 63.7 Å². The maximum absolute atomic E-state index is 12.2. The van der Waals surface area contributed by atoms with Crippen LogP contribution in [0.1, 0.15) is 28.4 Å². The molecule has 0 N–H and O–H groups in total. The van der Waals surface area contributed by atoms with Gasteiger partial charge in [0.25, 0.3) is 15.0 Å². The largest absolute Gasteiger partial charge is 0.377 e. The van der Waals surface area contributed by atoms with Gasteiger partial charge in [0.1, 0.15) is 0 Å². The normalized spacial score (nSPS) is 11.9. The standard InChI is InChI=1S/C12H18ClNO4S2/c1-8(2)18-6-5-14(4)12(15)10-7-11(9(3)19-10)20(13,16)17/h7-8H,5-6H2,1-4H3. The number of thiophene rings is 1. The average Bonchev–Trinajstić information content (AvgIpc) is 2.69. The van der Waals surface area contributed by atoms with Crippen LogP contribution in [0.3, 0.4) is 0 Å². The van der Waals surface area contributed by atoms with E-state index in [1.54, 1.807) is 14.0 Å². The zero-order chi connectivity index (χ0) is 15.5. The molecule has 1 aromatic heterocycles. The van der Waals surface area contributed by atoms with Crippen LogP contribution in [0.2, 0.25) is 0 Å². The predicted octanol–water partition coefficient (Wildman–Crippen LogP) is 2.48. The van der Waals surface area contributed by atoms with Crippen LogP contribution in [0.25, 0.3) is 0 Å². The number of carbonyl (C=O) groups is 1. The highest BCUT2D eigenvalue weighted by Crippen LogP contribution is 2.28. The Balaban J connectivity index is 2.78. The Hall–Kier alpha value is -0.630. The first-order valence-corrected chi connectivity index (χ1v) is 9.17. The summed E-state index contributed by atoms with van der Waals surface area (Å²) in [6.07, 6.45) is 0.107. The molecule has 0 aliphatic heterocycles. The van der Waals surface area contributed by atoms with Crippen LogP contribution in [-0.2, 0) is 13.8 Å². The number of carbonyl (C=O) groups excluding carboxylic acids is 1. The SMILES string of the molecule is Cc1sc(C(=O)N(C)CCOC(C)C)cc1S(=O)(=O)Cl. The van der Waals surface area contributed by atoms with Crippen LogP contribution in [0.15, 0.2) is 11.0 Å². The maximum atomic E-state index is 12.2. The molecular weight excluding hydrogens is 322 g/mol. The van der Waals surface area contributed by atoms with Crippen LogP contribution < -0.4 is 0 Å². The molecule has 1 rings (SSSR count). The summed E-state index contributed by atoms with van der Waals surface area (Å²) in [6, 6.07) is 1.32. The van der Waals surface area contributed by atoms with Gasteiger partial charge in [-0.25, -0.2) is 8.42 Å². The molecule has 20 heavy (non-hydrogen) atoms. The Labute approximate surface area is 127 Å². The van der Waals surface area contributed by atoms with Crippen LogP contribution in [0.4, 0.5) is 0 Å². The van der Waals surface area contributed by atoms with Crippen molar-refractivity contribution in [3.8, 4) is 0 Å². The number of amides is 1. The van der Waals surface area contributed by atoms with Crippen molar-refractivity contribution in [2.75, 3.05) is 20.2 Å². The number of hydrogen-bond acceptors (Lipinski definition) is 5. The molecule has 0 saturated carbocycles. The molecule has 114 valence electrons. The van der Waals surface area contributed by atoms with Gasteiger partial charge in [0.05, 0.1) is 22.5 Å². The molecule has 1 amide bonds. The minimum absolute atomic E-state index is 0.000605. The monoisotopic (exact) mass is 339 g/mol. The van der Waals surface area contributed by atoms with Crippen molar-refractivity contribution >= 4 is 37.0 Å². The lowest BCUT2D eigenvalue weighted by atomic mass is 10.4. The van der Waals surface area contributed by atoms with Crippen molar-refractivity contribution in [3.63, 3.8) is 0 Å². The zero-order valence-electron chi connectivity index (χ0n) is 11.8. The van der Waals surface area contributed by atoms with Gasteiger partial charge in [0, 0.05) is 29.2 Å². The molecule has 0 saturated heterocycles. The zero-order valence-corrected chi connectivity index (χ0v) is 14.2. The van der Waals surface area contributed by atoms with Gasteiger partial charge in [0.15, 0.2) is 0 Å². The third kappa shape index (κ3) is 4.73. The highest BCUT2D eigenvalue weighted by Gasteiger charge is 2.22. The lowest BCUT2D eigenvalue weighted by molar-refractivity contribution is 0.0534. The van der Waals surface area contributed by atoms with Crippen molar-refractivity contribution in [1.29, 1.82) is 0 Å². The van der Waals surface area contributed by atoms with Gasteiger partial charge in [-0.05, 0) is 26.8 Å². The fourth-order valence-electron chi connectivity index (χ4n) is 1.53. The number of nitrogens with zero attached hydrogens (tertiary/aromatic N) is 1. The second-order valence-corrected chi connectivity index (χ2v) is 8.41. The fourth-order valence-corrected chi connectivity index (χ4v) is 4.19. The van der Waals surface area contributed by atoms with E-state index in [4.69, 9.17) is 15.4 Å². The molecule has 8 heteroatoms. The Morgan fingerprint density at radius 3 is 2.55 bits per heavy atom. The van der Waals surface area contributed by atoms with E-state index in [0.29, 0.717) is 22.9 Å². The molecule has 0 spiro atoms. The second-order valence-electron chi connectivity index (χ2n) is 4.62. The van der Waals surface area contributed by atoms with Gasteiger partial charge in [-0.2, -0.15) is 0 Å². The number of aryl methyl sites for hydroxylation is 1. The summed E-state index contributed by atoms with van der Waals surface area (Å²) < 4.78 is 28.0. The van der Waals surface area contributed by atoms with Crippen molar-refractivity contribution in [2.45, 2.75) is 31.8 Å². The first-order valence-electron chi connectivity index (χ1n) is 6.05. The van der Waals surface area contributed by atoms with Crippen LogP contribution in [0, 0.1) is 6.92 Å². The van der Waals surface area contributed by atoms with Crippen LogP contribution >= 0.6 is 22.0 Å². The van der Waals surface area contributed by atoms with Crippen molar-refractivity contribution in [3.05, 3.63) is 15.8 Å². The van der Waals surface area contributed by atoms with Gasteiger partial charge < -0.3 is 9.64 Å². The molecule has 0 fully saturated rings. The quantitative estimate of drug-likeness (QED) is 0.747. The van der Waals surface area contributed by atoms with E-state index in [1.807, 2.05) is 13.8 Å². The number of rotatable bonds is 6. The third-order valence-corrected chi connectivity index (χ3v) is 5.19. The van der Waals surface area contributed by atoms with Gasteiger partial charge in [0.2, 0.25) is 0 Å². The molecule has 1 aromatic rings. The highest BCUT2D eigenvalue weighted by molar-refractivity contribution is 8.13. The summed E-state index contributed by atoms with van der Waals surface area (Å²) >= 11 is 1.12.